The molecule has 1 aromatic heterocycles. The third kappa shape index (κ3) is 4.44. The third-order valence-electron chi connectivity index (χ3n) is 5.65. The topological polar surface area (TPSA) is 61.4 Å². The van der Waals surface area contributed by atoms with Crippen LogP contribution in [-0.2, 0) is 6.54 Å². The van der Waals surface area contributed by atoms with E-state index in [2.05, 4.69) is 5.32 Å². The fourth-order valence-electron chi connectivity index (χ4n) is 4.12. The summed E-state index contributed by atoms with van der Waals surface area (Å²) in [4.78, 5) is 27.2. The molecule has 0 spiro atoms. The molecule has 1 amide bonds. The molecule has 160 valence electrons. The Bertz CT molecular complexity index is 1050. The van der Waals surface area contributed by atoms with Crippen molar-refractivity contribution in [3.8, 4) is 11.1 Å². The second-order valence-electron chi connectivity index (χ2n) is 8.07. The number of amides is 1. The standard InChI is InChI=1S/C25H29N5O/c1-26-17-19-16-23(29(2)3)28-24(27-19)22-14-9-15-30(22)25(31)21-13-8-7-12-20(21)18-10-5-4-6-11-18/h4-8,10-13,16,22,26H,9,14-15,17H2,1-3H3. The van der Waals surface area contributed by atoms with E-state index < -0.39 is 0 Å². The molecular weight excluding hydrogens is 386 g/mol. The van der Waals surface area contributed by atoms with E-state index in [0.29, 0.717) is 13.1 Å². The van der Waals surface area contributed by atoms with Crippen molar-refractivity contribution in [2.24, 2.45) is 0 Å². The van der Waals surface area contributed by atoms with Crippen LogP contribution in [0.3, 0.4) is 0 Å². The predicted octanol–water partition coefficient (Wildman–Crippen LogP) is 3.91. The van der Waals surface area contributed by atoms with Crippen LogP contribution in [0.1, 0.15) is 40.8 Å². The summed E-state index contributed by atoms with van der Waals surface area (Å²) in [6, 6.07) is 19.8. The van der Waals surface area contributed by atoms with Gasteiger partial charge in [0.2, 0.25) is 0 Å². The molecule has 0 saturated carbocycles. The SMILES string of the molecule is CNCc1cc(N(C)C)nc(C2CCCN2C(=O)c2ccccc2-c2ccccc2)n1. The summed E-state index contributed by atoms with van der Waals surface area (Å²) in [5.41, 5.74) is 3.65. The van der Waals surface area contributed by atoms with Crippen molar-refractivity contribution in [1.82, 2.24) is 20.2 Å². The summed E-state index contributed by atoms with van der Waals surface area (Å²) in [5, 5.41) is 3.16. The van der Waals surface area contributed by atoms with Gasteiger partial charge in [0.05, 0.1) is 11.7 Å². The Morgan fingerprint density at radius 2 is 1.84 bits per heavy atom. The minimum atomic E-state index is -0.119. The minimum absolute atomic E-state index is 0.0379. The van der Waals surface area contributed by atoms with E-state index in [9.17, 15) is 4.79 Å². The first kappa shape index (κ1) is 21.0. The van der Waals surface area contributed by atoms with Gasteiger partial charge in [-0.15, -0.1) is 0 Å². The van der Waals surface area contributed by atoms with Crippen LogP contribution in [0.4, 0.5) is 5.82 Å². The van der Waals surface area contributed by atoms with Gasteiger partial charge >= 0.3 is 0 Å². The Kier molecular flexibility index (Phi) is 6.28. The molecule has 0 radical (unpaired) electrons. The first-order valence-electron chi connectivity index (χ1n) is 10.7. The highest BCUT2D eigenvalue weighted by Crippen LogP contribution is 2.34. The second-order valence-corrected chi connectivity index (χ2v) is 8.07. The average molecular weight is 416 g/mol. The molecule has 1 fully saturated rings. The molecule has 0 aliphatic carbocycles. The molecule has 4 rings (SSSR count). The Labute approximate surface area is 183 Å². The predicted molar refractivity (Wildman–Crippen MR) is 124 cm³/mol. The van der Waals surface area contributed by atoms with Gasteiger partial charge in [-0.1, -0.05) is 48.5 Å². The van der Waals surface area contributed by atoms with Crippen LogP contribution in [-0.4, -0.2) is 48.5 Å². The summed E-state index contributed by atoms with van der Waals surface area (Å²) in [6.07, 6.45) is 1.82. The quantitative estimate of drug-likeness (QED) is 0.662. The largest absolute Gasteiger partial charge is 0.363 e. The Morgan fingerprint density at radius 3 is 2.58 bits per heavy atom. The van der Waals surface area contributed by atoms with E-state index in [1.165, 1.54) is 0 Å². The molecule has 1 N–H and O–H groups in total. The first-order chi connectivity index (χ1) is 15.1. The molecule has 1 aliphatic heterocycles. The third-order valence-corrected chi connectivity index (χ3v) is 5.65. The van der Waals surface area contributed by atoms with Gasteiger partial charge < -0.3 is 15.1 Å². The van der Waals surface area contributed by atoms with Crippen molar-refractivity contribution >= 4 is 11.7 Å². The summed E-state index contributed by atoms with van der Waals surface area (Å²) in [6.45, 7) is 1.37. The normalized spacial score (nSPS) is 15.8. The van der Waals surface area contributed by atoms with Gasteiger partial charge in [-0.25, -0.2) is 9.97 Å². The van der Waals surface area contributed by atoms with Gasteiger partial charge in [0.25, 0.3) is 5.91 Å². The number of hydrogen-bond acceptors (Lipinski definition) is 5. The Balaban J connectivity index is 1.70. The summed E-state index contributed by atoms with van der Waals surface area (Å²) in [5.74, 6) is 1.62. The number of nitrogens with zero attached hydrogens (tertiary/aromatic N) is 4. The van der Waals surface area contributed by atoms with Crippen LogP contribution in [0.2, 0.25) is 0 Å². The van der Waals surface area contributed by atoms with Gasteiger partial charge in [0.1, 0.15) is 5.82 Å². The van der Waals surface area contributed by atoms with E-state index in [1.54, 1.807) is 0 Å². The number of rotatable bonds is 6. The van der Waals surface area contributed by atoms with Crippen molar-refractivity contribution < 1.29 is 4.79 Å². The molecule has 3 aromatic rings. The number of aromatic nitrogens is 2. The van der Waals surface area contributed by atoms with Crippen molar-refractivity contribution in [3.63, 3.8) is 0 Å². The molecule has 2 aromatic carbocycles. The maximum absolute atomic E-state index is 13.7. The van der Waals surface area contributed by atoms with E-state index in [1.807, 2.05) is 91.6 Å². The number of anilines is 1. The van der Waals surface area contributed by atoms with E-state index in [-0.39, 0.29) is 11.9 Å². The molecule has 2 heterocycles. The molecule has 31 heavy (non-hydrogen) atoms. The van der Waals surface area contributed by atoms with E-state index >= 15 is 0 Å². The maximum atomic E-state index is 13.7. The van der Waals surface area contributed by atoms with Gasteiger partial charge in [-0.3, -0.25) is 4.79 Å². The minimum Gasteiger partial charge on any atom is -0.363 e. The molecule has 6 heteroatoms. The van der Waals surface area contributed by atoms with Gasteiger partial charge in [0, 0.05) is 38.8 Å². The maximum Gasteiger partial charge on any atom is 0.255 e. The van der Waals surface area contributed by atoms with Crippen LogP contribution in [0, 0.1) is 0 Å². The molecule has 1 atom stereocenters. The number of carbonyl (C=O) groups is 1. The highest BCUT2D eigenvalue weighted by Gasteiger charge is 2.34. The molecule has 1 aliphatic rings. The molecular formula is C25H29N5O. The zero-order valence-corrected chi connectivity index (χ0v) is 18.4. The van der Waals surface area contributed by atoms with Crippen LogP contribution < -0.4 is 10.2 Å². The highest BCUT2D eigenvalue weighted by atomic mass is 16.2. The van der Waals surface area contributed by atoms with Crippen LogP contribution >= 0.6 is 0 Å². The van der Waals surface area contributed by atoms with Crippen LogP contribution in [0.25, 0.3) is 11.1 Å². The van der Waals surface area contributed by atoms with Crippen LogP contribution in [0.5, 0.6) is 0 Å². The first-order valence-corrected chi connectivity index (χ1v) is 10.7. The number of likely N-dealkylation sites (tertiary alicyclic amines) is 1. The fraction of sp³-hybridized carbons (Fsp3) is 0.320. The van der Waals surface area contributed by atoms with Crippen LogP contribution in [0.15, 0.2) is 60.7 Å². The Morgan fingerprint density at radius 1 is 1.10 bits per heavy atom. The monoisotopic (exact) mass is 415 g/mol. The smallest absolute Gasteiger partial charge is 0.255 e. The summed E-state index contributed by atoms with van der Waals surface area (Å²) in [7, 11) is 5.86. The lowest BCUT2D eigenvalue weighted by atomic mass is 9.98. The van der Waals surface area contributed by atoms with Crippen molar-refractivity contribution in [1.29, 1.82) is 0 Å². The second kappa shape index (κ2) is 9.27. The average Bonchev–Trinajstić information content (AvgIpc) is 3.29. The van der Waals surface area contributed by atoms with Crippen molar-refractivity contribution in [2.45, 2.75) is 25.4 Å². The Hall–Kier alpha value is -3.25. The number of hydrogen-bond donors (Lipinski definition) is 1. The molecule has 6 nitrogen and oxygen atoms in total. The lowest BCUT2D eigenvalue weighted by Crippen LogP contribution is -2.32. The van der Waals surface area contributed by atoms with E-state index in [0.717, 1.165) is 46.9 Å². The number of carbonyl (C=O) groups excluding carboxylic acids is 1. The van der Waals surface area contributed by atoms with E-state index in [4.69, 9.17) is 9.97 Å². The number of benzene rings is 2. The highest BCUT2D eigenvalue weighted by molar-refractivity contribution is 6.01. The number of nitrogens with one attached hydrogen (secondary N) is 1. The summed E-state index contributed by atoms with van der Waals surface area (Å²) >= 11 is 0. The van der Waals surface area contributed by atoms with Gasteiger partial charge in [0.15, 0.2) is 5.82 Å². The van der Waals surface area contributed by atoms with Crippen molar-refractivity contribution in [3.05, 3.63) is 77.7 Å². The fourth-order valence-corrected chi connectivity index (χ4v) is 4.12. The van der Waals surface area contributed by atoms with Gasteiger partial charge in [-0.2, -0.15) is 0 Å². The lowest BCUT2D eigenvalue weighted by molar-refractivity contribution is 0.0730. The molecule has 1 saturated heterocycles. The summed E-state index contributed by atoms with van der Waals surface area (Å²) < 4.78 is 0. The van der Waals surface area contributed by atoms with Crippen molar-refractivity contribution in [2.75, 3.05) is 32.6 Å². The van der Waals surface area contributed by atoms with Gasteiger partial charge in [-0.05, 0) is 37.1 Å². The zero-order chi connectivity index (χ0) is 21.8. The molecule has 1 unspecified atom stereocenters. The lowest BCUT2D eigenvalue weighted by Gasteiger charge is -2.26. The zero-order valence-electron chi connectivity index (χ0n) is 18.4. The molecule has 0 bridgehead atoms.